The molecule has 8 heteroatoms. The van der Waals surface area contributed by atoms with Crippen molar-refractivity contribution in [2.24, 2.45) is 0 Å². The SMILES string of the molecule is Cc1ccc(C)n1N1C(=O)/C(=C\c2cc(Br)ccc2OCc2ccc(F)cc2)SC1=S. The maximum atomic E-state index is 13.2. The predicted molar refractivity (Wildman–Crippen MR) is 130 cm³/mol. The fourth-order valence-electron chi connectivity index (χ4n) is 3.25. The number of hydrogen-bond donors (Lipinski definition) is 0. The molecular formula is C23H18BrFN2O2S2. The van der Waals surface area contributed by atoms with Gasteiger partial charge in [0, 0.05) is 21.4 Å². The minimum absolute atomic E-state index is 0.179. The lowest BCUT2D eigenvalue weighted by Crippen LogP contribution is -2.39. The van der Waals surface area contributed by atoms with Crippen LogP contribution >= 0.6 is 39.9 Å². The van der Waals surface area contributed by atoms with Crippen molar-refractivity contribution in [3.05, 3.63) is 92.3 Å². The summed E-state index contributed by atoms with van der Waals surface area (Å²) in [4.78, 5) is 13.7. The Morgan fingerprint density at radius 1 is 1.10 bits per heavy atom. The number of ether oxygens (including phenoxy) is 1. The number of benzene rings is 2. The Balaban J connectivity index is 1.62. The van der Waals surface area contributed by atoms with Gasteiger partial charge in [0.25, 0.3) is 5.91 Å². The number of carbonyl (C=O) groups excluding carboxylic acids is 1. The largest absolute Gasteiger partial charge is 0.488 e. The molecular weight excluding hydrogens is 499 g/mol. The highest BCUT2D eigenvalue weighted by atomic mass is 79.9. The van der Waals surface area contributed by atoms with E-state index in [4.69, 9.17) is 17.0 Å². The molecule has 1 aliphatic heterocycles. The number of aromatic nitrogens is 1. The summed E-state index contributed by atoms with van der Waals surface area (Å²) in [5.41, 5.74) is 3.46. The summed E-state index contributed by atoms with van der Waals surface area (Å²) in [7, 11) is 0. The third-order valence-electron chi connectivity index (χ3n) is 4.77. The van der Waals surface area contributed by atoms with Gasteiger partial charge in [-0.3, -0.25) is 9.47 Å². The second kappa shape index (κ2) is 8.98. The molecule has 0 N–H and O–H groups in total. The van der Waals surface area contributed by atoms with Crippen molar-refractivity contribution < 1.29 is 13.9 Å². The van der Waals surface area contributed by atoms with Gasteiger partial charge in [-0.05, 0) is 80.2 Å². The van der Waals surface area contributed by atoms with E-state index < -0.39 is 0 Å². The predicted octanol–water partition coefficient (Wildman–Crippen LogP) is 6.12. The molecule has 0 spiro atoms. The van der Waals surface area contributed by atoms with Gasteiger partial charge in [0.15, 0.2) is 4.32 Å². The number of hydrogen-bond acceptors (Lipinski definition) is 4. The molecule has 31 heavy (non-hydrogen) atoms. The molecule has 1 saturated heterocycles. The Kier molecular flexibility index (Phi) is 6.31. The van der Waals surface area contributed by atoms with Gasteiger partial charge >= 0.3 is 0 Å². The van der Waals surface area contributed by atoms with E-state index in [-0.39, 0.29) is 18.3 Å². The third-order valence-corrected chi connectivity index (χ3v) is 6.55. The van der Waals surface area contributed by atoms with Crippen molar-refractivity contribution in [1.82, 2.24) is 4.68 Å². The quantitative estimate of drug-likeness (QED) is 0.302. The summed E-state index contributed by atoms with van der Waals surface area (Å²) in [6.07, 6.45) is 1.79. The molecule has 0 atom stereocenters. The standard InChI is InChI=1S/C23H18BrFN2O2S2/c1-14-3-4-15(2)26(14)27-22(28)21(31-23(27)30)12-17-11-18(24)7-10-20(17)29-13-16-5-8-19(25)9-6-16/h3-12H,13H2,1-2H3/b21-12+. The lowest BCUT2D eigenvalue weighted by Gasteiger charge is -2.20. The van der Waals surface area contributed by atoms with Gasteiger partial charge in [0.2, 0.25) is 0 Å². The van der Waals surface area contributed by atoms with Gasteiger partial charge in [-0.25, -0.2) is 4.39 Å². The first-order valence-corrected chi connectivity index (χ1v) is 11.5. The number of carbonyl (C=O) groups is 1. The molecule has 4 nitrogen and oxygen atoms in total. The van der Waals surface area contributed by atoms with Crippen molar-refractivity contribution in [1.29, 1.82) is 0 Å². The van der Waals surface area contributed by atoms with Gasteiger partial charge in [-0.15, -0.1) is 0 Å². The van der Waals surface area contributed by atoms with Crippen LogP contribution in [-0.2, 0) is 11.4 Å². The van der Waals surface area contributed by atoms with Crippen LogP contribution < -0.4 is 9.75 Å². The first-order chi connectivity index (χ1) is 14.8. The van der Waals surface area contributed by atoms with Crippen LogP contribution in [0.2, 0.25) is 0 Å². The first kappa shape index (κ1) is 21.8. The highest BCUT2D eigenvalue weighted by Gasteiger charge is 2.35. The molecule has 158 valence electrons. The number of nitrogens with zero attached hydrogens (tertiary/aromatic N) is 2. The molecule has 1 amide bonds. The monoisotopic (exact) mass is 516 g/mol. The van der Waals surface area contributed by atoms with Crippen LogP contribution in [0.4, 0.5) is 4.39 Å². The number of aryl methyl sites for hydroxylation is 2. The molecule has 0 aliphatic carbocycles. The average molecular weight is 517 g/mol. The Bertz CT molecular complexity index is 1190. The van der Waals surface area contributed by atoms with E-state index in [0.717, 1.165) is 27.0 Å². The van der Waals surface area contributed by atoms with Crippen LogP contribution in [-0.4, -0.2) is 14.9 Å². The Hall–Kier alpha value is -2.42. The van der Waals surface area contributed by atoms with Gasteiger partial charge in [-0.2, -0.15) is 5.01 Å². The molecule has 0 radical (unpaired) electrons. The van der Waals surface area contributed by atoms with Crippen LogP contribution in [0, 0.1) is 19.7 Å². The molecule has 1 aliphatic rings. The summed E-state index contributed by atoms with van der Waals surface area (Å²) < 4.78 is 22.3. The zero-order valence-corrected chi connectivity index (χ0v) is 20.0. The Morgan fingerprint density at radius 2 is 1.77 bits per heavy atom. The molecule has 2 aromatic carbocycles. The summed E-state index contributed by atoms with van der Waals surface area (Å²) in [5, 5.41) is 1.52. The summed E-state index contributed by atoms with van der Waals surface area (Å²) in [6.45, 7) is 4.15. The zero-order chi connectivity index (χ0) is 22.1. The zero-order valence-electron chi connectivity index (χ0n) is 16.8. The van der Waals surface area contributed by atoms with E-state index in [0.29, 0.717) is 15.0 Å². The van der Waals surface area contributed by atoms with E-state index in [1.807, 2.05) is 48.9 Å². The minimum Gasteiger partial charge on any atom is -0.488 e. The highest BCUT2D eigenvalue weighted by molar-refractivity contribution is 9.10. The molecule has 0 saturated carbocycles. The number of rotatable bonds is 5. The fourth-order valence-corrected chi connectivity index (χ4v) is 4.87. The topological polar surface area (TPSA) is 34.5 Å². The minimum atomic E-state index is -0.289. The number of thiocarbonyl (C=S) groups is 1. The Labute approximate surface area is 197 Å². The fraction of sp³-hybridized carbons (Fsp3) is 0.130. The maximum absolute atomic E-state index is 13.2. The van der Waals surface area contributed by atoms with Gasteiger partial charge in [0.05, 0.1) is 4.91 Å². The van der Waals surface area contributed by atoms with Crippen LogP contribution in [0.15, 0.2) is 64.0 Å². The van der Waals surface area contributed by atoms with Crippen molar-refractivity contribution in [3.8, 4) is 5.75 Å². The van der Waals surface area contributed by atoms with Crippen LogP contribution in [0.1, 0.15) is 22.5 Å². The van der Waals surface area contributed by atoms with E-state index in [1.165, 1.54) is 28.9 Å². The van der Waals surface area contributed by atoms with E-state index in [2.05, 4.69) is 15.9 Å². The van der Waals surface area contributed by atoms with Crippen molar-refractivity contribution in [2.45, 2.75) is 20.5 Å². The molecule has 0 bridgehead atoms. The smallest absolute Gasteiger partial charge is 0.285 e. The van der Waals surface area contributed by atoms with Crippen molar-refractivity contribution in [3.63, 3.8) is 0 Å². The number of amides is 1. The normalized spacial score (nSPS) is 15.2. The maximum Gasteiger partial charge on any atom is 0.285 e. The molecule has 4 rings (SSSR count). The van der Waals surface area contributed by atoms with Crippen molar-refractivity contribution in [2.75, 3.05) is 5.01 Å². The second-order valence-electron chi connectivity index (χ2n) is 7.02. The van der Waals surface area contributed by atoms with Gasteiger partial charge in [-0.1, -0.05) is 39.8 Å². The number of thioether (sulfide) groups is 1. The highest BCUT2D eigenvalue weighted by Crippen LogP contribution is 2.35. The number of halogens is 2. The van der Waals surface area contributed by atoms with Crippen molar-refractivity contribution >= 4 is 56.2 Å². The Morgan fingerprint density at radius 3 is 2.45 bits per heavy atom. The molecule has 1 aromatic heterocycles. The van der Waals surface area contributed by atoms with Gasteiger partial charge in [0.1, 0.15) is 18.2 Å². The summed E-state index contributed by atoms with van der Waals surface area (Å²) in [5.74, 6) is 0.149. The molecule has 0 unspecified atom stereocenters. The first-order valence-electron chi connectivity index (χ1n) is 9.43. The summed E-state index contributed by atoms with van der Waals surface area (Å²) in [6, 6.07) is 15.7. The lowest BCUT2D eigenvalue weighted by atomic mass is 10.1. The average Bonchev–Trinajstić information content (AvgIpc) is 3.20. The van der Waals surface area contributed by atoms with E-state index in [1.54, 1.807) is 18.2 Å². The van der Waals surface area contributed by atoms with E-state index in [9.17, 15) is 9.18 Å². The second-order valence-corrected chi connectivity index (χ2v) is 9.61. The van der Waals surface area contributed by atoms with E-state index >= 15 is 0 Å². The third kappa shape index (κ3) is 4.61. The van der Waals surface area contributed by atoms with Gasteiger partial charge < -0.3 is 4.74 Å². The molecule has 2 heterocycles. The van der Waals surface area contributed by atoms with Crippen LogP contribution in [0.5, 0.6) is 5.75 Å². The molecule has 3 aromatic rings. The lowest BCUT2D eigenvalue weighted by molar-refractivity contribution is -0.114. The summed E-state index contributed by atoms with van der Waals surface area (Å²) >= 11 is 10.2. The molecule has 1 fully saturated rings. The van der Waals surface area contributed by atoms with Crippen LogP contribution in [0.3, 0.4) is 0 Å². The van der Waals surface area contributed by atoms with Crippen LogP contribution in [0.25, 0.3) is 6.08 Å².